The second-order valence-corrected chi connectivity index (χ2v) is 11.0. The minimum atomic E-state index is -3.49. The Labute approximate surface area is 186 Å². The van der Waals surface area contributed by atoms with E-state index in [2.05, 4.69) is 4.90 Å². The van der Waals surface area contributed by atoms with Gasteiger partial charge in [-0.15, -0.1) is 0 Å². The van der Waals surface area contributed by atoms with Crippen LogP contribution in [0.1, 0.15) is 38.8 Å². The van der Waals surface area contributed by atoms with Crippen LogP contribution < -0.4 is 4.90 Å². The predicted octanol–water partition coefficient (Wildman–Crippen LogP) is 3.49. The Morgan fingerprint density at radius 2 is 1.48 bits per heavy atom. The summed E-state index contributed by atoms with van der Waals surface area (Å²) in [5, 5.41) is 0. The molecule has 3 rings (SSSR count). The van der Waals surface area contributed by atoms with Crippen molar-refractivity contribution in [2.45, 2.75) is 45.5 Å². The Balaban J connectivity index is 1.72. The van der Waals surface area contributed by atoms with Crippen molar-refractivity contribution in [2.24, 2.45) is 0 Å². The van der Waals surface area contributed by atoms with Crippen LogP contribution in [-0.2, 0) is 27.1 Å². The zero-order valence-corrected chi connectivity index (χ0v) is 19.7. The van der Waals surface area contributed by atoms with Crippen LogP contribution in [0.5, 0.6) is 0 Å². The van der Waals surface area contributed by atoms with Gasteiger partial charge in [0, 0.05) is 50.9 Å². The molecule has 0 bridgehead atoms. The smallest absolute Gasteiger partial charge is 0.219 e. The third kappa shape index (κ3) is 6.08. The maximum atomic E-state index is 13.2. The molecule has 2 aromatic carbocycles. The fourth-order valence-electron chi connectivity index (χ4n) is 3.87. The van der Waals surface area contributed by atoms with Crippen molar-refractivity contribution in [3.8, 4) is 0 Å². The van der Waals surface area contributed by atoms with Crippen LogP contribution in [0.2, 0.25) is 0 Å². The number of benzene rings is 2. The quantitative estimate of drug-likeness (QED) is 0.686. The van der Waals surface area contributed by atoms with E-state index < -0.39 is 15.6 Å². The number of nitrogens with zero attached hydrogens (tertiary/aromatic N) is 3. The number of hydrogen-bond acceptors (Lipinski definition) is 4. The van der Waals surface area contributed by atoms with Crippen molar-refractivity contribution in [3.05, 3.63) is 65.7 Å². The van der Waals surface area contributed by atoms with Crippen molar-refractivity contribution < 1.29 is 13.2 Å². The molecule has 1 saturated heterocycles. The summed E-state index contributed by atoms with van der Waals surface area (Å²) in [4.78, 5) is 15.6. The molecule has 31 heavy (non-hydrogen) atoms. The number of hydrogen-bond donors (Lipinski definition) is 0. The zero-order valence-electron chi connectivity index (χ0n) is 18.9. The summed E-state index contributed by atoms with van der Waals surface area (Å²) in [6.07, 6.45) is 0. The summed E-state index contributed by atoms with van der Waals surface area (Å²) < 4.78 is 28.1. The largest absolute Gasteiger partial charge is 0.368 e. The summed E-state index contributed by atoms with van der Waals surface area (Å²) in [5.74, 6) is 0.109. The van der Waals surface area contributed by atoms with Gasteiger partial charge in [-0.2, -0.15) is 4.31 Å². The number of carbonyl (C=O) groups excluding carboxylic acids is 1. The highest BCUT2D eigenvalue weighted by Crippen LogP contribution is 2.26. The molecule has 1 aliphatic heterocycles. The van der Waals surface area contributed by atoms with Crippen LogP contribution in [0.4, 0.5) is 5.69 Å². The Bertz CT molecular complexity index is 975. The normalized spacial score (nSPS) is 15.4. The van der Waals surface area contributed by atoms with E-state index in [0.717, 1.165) is 43.0 Å². The van der Waals surface area contributed by atoms with Gasteiger partial charge in [-0.25, -0.2) is 8.42 Å². The van der Waals surface area contributed by atoms with Gasteiger partial charge in [-0.1, -0.05) is 42.5 Å². The summed E-state index contributed by atoms with van der Waals surface area (Å²) >= 11 is 0. The molecule has 0 spiro atoms. The van der Waals surface area contributed by atoms with Crippen molar-refractivity contribution in [1.29, 1.82) is 0 Å². The zero-order chi connectivity index (χ0) is 22.6. The van der Waals surface area contributed by atoms with Gasteiger partial charge in [0.2, 0.25) is 15.9 Å². The third-order valence-corrected chi connectivity index (χ3v) is 7.68. The number of piperazine rings is 1. The summed E-state index contributed by atoms with van der Waals surface area (Å²) in [5.41, 5.74) is 2.31. The second-order valence-electron chi connectivity index (χ2n) is 9.08. The fourth-order valence-corrected chi connectivity index (χ4v) is 5.82. The van der Waals surface area contributed by atoms with Gasteiger partial charge >= 0.3 is 0 Å². The van der Waals surface area contributed by atoms with Crippen molar-refractivity contribution >= 4 is 21.6 Å². The third-order valence-electron chi connectivity index (χ3n) is 5.63. The minimum absolute atomic E-state index is 0.0103. The topological polar surface area (TPSA) is 60.9 Å². The van der Waals surface area contributed by atoms with Crippen LogP contribution in [0.15, 0.2) is 54.6 Å². The minimum Gasteiger partial charge on any atom is -0.368 e. The lowest BCUT2D eigenvalue weighted by atomic mass is 10.1. The summed E-state index contributed by atoms with van der Waals surface area (Å²) in [6, 6.07) is 17.4. The van der Waals surface area contributed by atoms with E-state index in [4.69, 9.17) is 0 Å². The molecule has 0 saturated carbocycles. The Hall–Kier alpha value is -2.38. The van der Waals surface area contributed by atoms with Gasteiger partial charge in [0.25, 0.3) is 0 Å². The molecular weight excluding hydrogens is 410 g/mol. The first-order valence-corrected chi connectivity index (χ1v) is 12.3. The number of carbonyl (C=O) groups is 1. The Morgan fingerprint density at radius 3 is 2.00 bits per heavy atom. The van der Waals surface area contributed by atoms with Gasteiger partial charge in [-0.3, -0.25) is 4.79 Å². The maximum Gasteiger partial charge on any atom is 0.219 e. The van der Waals surface area contributed by atoms with Gasteiger partial charge in [0.15, 0.2) is 0 Å². The first-order chi connectivity index (χ1) is 14.6. The molecule has 0 unspecified atom stereocenters. The molecule has 1 aliphatic rings. The summed E-state index contributed by atoms with van der Waals surface area (Å²) in [6.45, 7) is 10.8. The molecular formula is C24H33N3O3S. The molecule has 0 atom stereocenters. The van der Waals surface area contributed by atoms with Gasteiger partial charge in [0.05, 0.1) is 5.75 Å². The number of amides is 1. The molecule has 1 fully saturated rings. The van der Waals surface area contributed by atoms with Crippen LogP contribution in [0.25, 0.3) is 0 Å². The first kappa shape index (κ1) is 23.3. The van der Waals surface area contributed by atoms with Gasteiger partial charge in [-0.05, 0) is 44.0 Å². The van der Waals surface area contributed by atoms with Crippen molar-refractivity contribution in [1.82, 2.24) is 9.21 Å². The predicted molar refractivity (Wildman–Crippen MR) is 125 cm³/mol. The standard InChI is InChI=1S/C24H33N3O3S/c1-20(28)25-14-16-26(17-15-25)23-12-10-21(11-13-23)18-27(24(2,3)4)31(29,30)19-22-8-6-5-7-9-22/h5-13H,14-19H2,1-4H3. The van der Waals surface area contributed by atoms with Crippen LogP contribution in [-0.4, -0.2) is 55.2 Å². The van der Waals surface area contributed by atoms with E-state index in [1.807, 2.05) is 80.3 Å². The van der Waals surface area contributed by atoms with Gasteiger partial charge < -0.3 is 9.80 Å². The average Bonchev–Trinajstić information content (AvgIpc) is 2.72. The number of sulfonamides is 1. The molecule has 2 aromatic rings. The fraction of sp³-hybridized carbons (Fsp3) is 0.458. The maximum absolute atomic E-state index is 13.2. The molecule has 168 valence electrons. The van der Waals surface area contributed by atoms with Crippen molar-refractivity contribution in [2.75, 3.05) is 31.1 Å². The number of anilines is 1. The molecule has 0 radical (unpaired) electrons. The number of rotatable bonds is 6. The Morgan fingerprint density at radius 1 is 0.903 bits per heavy atom. The Kier molecular flexibility index (Phi) is 7.06. The van der Waals surface area contributed by atoms with Crippen molar-refractivity contribution in [3.63, 3.8) is 0 Å². The van der Waals surface area contributed by atoms with Crippen LogP contribution >= 0.6 is 0 Å². The van der Waals surface area contributed by atoms with E-state index in [1.165, 1.54) is 0 Å². The van der Waals surface area contributed by atoms with Crippen LogP contribution in [0.3, 0.4) is 0 Å². The summed E-state index contributed by atoms with van der Waals surface area (Å²) in [7, 11) is -3.49. The molecule has 0 aromatic heterocycles. The average molecular weight is 444 g/mol. The lowest BCUT2D eigenvalue weighted by molar-refractivity contribution is -0.129. The first-order valence-electron chi connectivity index (χ1n) is 10.7. The van der Waals surface area contributed by atoms with Crippen LogP contribution in [0, 0.1) is 0 Å². The molecule has 7 heteroatoms. The highest BCUT2D eigenvalue weighted by molar-refractivity contribution is 7.88. The molecule has 6 nitrogen and oxygen atoms in total. The van der Waals surface area contributed by atoms with E-state index in [1.54, 1.807) is 11.2 Å². The SMILES string of the molecule is CC(=O)N1CCN(c2ccc(CN(C(C)(C)C)S(=O)(=O)Cc3ccccc3)cc2)CC1. The van der Waals surface area contributed by atoms with Gasteiger partial charge in [0.1, 0.15) is 0 Å². The second kappa shape index (κ2) is 9.40. The van der Waals surface area contributed by atoms with E-state index in [0.29, 0.717) is 6.54 Å². The monoisotopic (exact) mass is 443 g/mol. The molecule has 0 N–H and O–H groups in total. The van der Waals surface area contributed by atoms with E-state index in [9.17, 15) is 13.2 Å². The van der Waals surface area contributed by atoms with E-state index in [-0.39, 0.29) is 11.7 Å². The molecule has 1 amide bonds. The lowest BCUT2D eigenvalue weighted by Crippen LogP contribution is -2.48. The lowest BCUT2D eigenvalue weighted by Gasteiger charge is -2.36. The van der Waals surface area contributed by atoms with E-state index >= 15 is 0 Å². The molecule has 0 aliphatic carbocycles. The molecule has 1 heterocycles. The highest BCUT2D eigenvalue weighted by Gasteiger charge is 2.33. The highest BCUT2D eigenvalue weighted by atomic mass is 32.2.